The fourth-order valence-corrected chi connectivity index (χ4v) is 2.38. The SMILES string of the molecule is C=CCSCCN1CCC(=O)C(C)C1. The molecule has 1 fully saturated rings. The molecule has 0 aliphatic carbocycles. The Morgan fingerprint density at radius 3 is 3.14 bits per heavy atom. The average molecular weight is 213 g/mol. The lowest BCUT2D eigenvalue weighted by Gasteiger charge is -2.29. The number of nitrogens with zero attached hydrogens (tertiary/aromatic N) is 1. The van der Waals surface area contributed by atoms with Crippen LogP contribution < -0.4 is 0 Å². The molecule has 1 atom stereocenters. The Bertz CT molecular complexity index is 205. The molecule has 1 unspecified atom stereocenters. The van der Waals surface area contributed by atoms with E-state index in [0.717, 1.165) is 37.6 Å². The van der Waals surface area contributed by atoms with Gasteiger partial charge in [-0.2, -0.15) is 11.8 Å². The molecule has 0 radical (unpaired) electrons. The van der Waals surface area contributed by atoms with Crippen molar-refractivity contribution in [2.75, 3.05) is 31.1 Å². The van der Waals surface area contributed by atoms with Gasteiger partial charge < -0.3 is 4.90 Å². The average Bonchev–Trinajstić information content (AvgIpc) is 2.18. The number of carbonyl (C=O) groups excluding carboxylic acids is 1. The molecule has 0 aromatic carbocycles. The molecule has 1 saturated heterocycles. The van der Waals surface area contributed by atoms with Gasteiger partial charge in [0, 0.05) is 43.5 Å². The van der Waals surface area contributed by atoms with Crippen LogP contribution in [0.15, 0.2) is 12.7 Å². The third-order valence-electron chi connectivity index (χ3n) is 2.54. The highest BCUT2D eigenvalue weighted by atomic mass is 32.2. The third-order valence-corrected chi connectivity index (χ3v) is 3.49. The quantitative estimate of drug-likeness (QED) is 0.513. The van der Waals surface area contributed by atoms with E-state index in [1.165, 1.54) is 0 Å². The fourth-order valence-electron chi connectivity index (χ4n) is 1.66. The van der Waals surface area contributed by atoms with E-state index in [1.807, 2.05) is 24.8 Å². The van der Waals surface area contributed by atoms with Crippen LogP contribution in [-0.2, 0) is 4.79 Å². The molecule has 0 bridgehead atoms. The molecule has 0 saturated carbocycles. The first-order valence-electron chi connectivity index (χ1n) is 5.17. The van der Waals surface area contributed by atoms with Gasteiger partial charge >= 0.3 is 0 Å². The molecule has 1 heterocycles. The monoisotopic (exact) mass is 213 g/mol. The minimum Gasteiger partial charge on any atom is -0.301 e. The third kappa shape index (κ3) is 3.84. The Hall–Kier alpha value is -0.280. The first-order valence-corrected chi connectivity index (χ1v) is 6.33. The maximum absolute atomic E-state index is 11.3. The number of Topliss-reactive ketones (excluding diaryl/α,β-unsaturated/α-hetero) is 1. The summed E-state index contributed by atoms with van der Waals surface area (Å²) in [5, 5.41) is 0. The van der Waals surface area contributed by atoms with Gasteiger partial charge in [-0.25, -0.2) is 0 Å². The second-order valence-electron chi connectivity index (χ2n) is 3.78. The minimum atomic E-state index is 0.244. The molecule has 2 nitrogen and oxygen atoms in total. The predicted molar refractivity (Wildman–Crippen MR) is 62.8 cm³/mol. The van der Waals surface area contributed by atoms with Gasteiger partial charge in [-0.3, -0.25) is 4.79 Å². The van der Waals surface area contributed by atoms with Gasteiger partial charge in [0.25, 0.3) is 0 Å². The van der Waals surface area contributed by atoms with Gasteiger partial charge in [0.05, 0.1) is 0 Å². The second-order valence-corrected chi connectivity index (χ2v) is 4.93. The van der Waals surface area contributed by atoms with E-state index in [4.69, 9.17) is 0 Å². The first-order chi connectivity index (χ1) is 6.74. The van der Waals surface area contributed by atoms with Crippen LogP contribution in [0.25, 0.3) is 0 Å². The Balaban J connectivity index is 2.13. The minimum absolute atomic E-state index is 0.244. The summed E-state index contributed by atoms with van der Waals surface area (Å²) in [5.74, 6) is 2.85. The maximum atomic E-state index is 11.3. The lowest BCUT2D eigenvalue weighted by molar-refractivity contribution is -0.125. The summed E-state index contributed by atoms with van der Waals surface area (Å²) < 4.78 is 0. The largest absolute Gasteiger partial charge is 0.301 e. The lowest BCUT2D eigenvalue weighted by Crippen LogP contribution is -2.40. The molecule has 1 aliphatic heterocycles. The second kappa shape index (κ2) is 6.25. The molecule has 0 aromatic heterocycles. The van der Waals surface area contributed by atoms with Crippen LogP contribution in [0.4, 0.5) is 0 Å². The lowest BCUT2D eigenvalue weighted by atomic mass is 9.99. The van der Waals surface area contributed by atoms with E-state index in [0.29, 0.717) is 5.78 Å². The summed E-state index contributed by atoms with van der Waals surface area (Å²) in [4.78, 5) is 13.7. The van der Waals surface area contributed by atoms with Crippen molar-refractivity contribution in [2.45, 2.75) is 13.3 Å². The van der Waals surface area contributed by atoms with Gasteiger partial charge in [0.1, 0.15) is 5.78 Å². The molecule has 3 heteroatoms. The van der Waals surface area contributed by atoms with Crippen molar-refractivity contribution < 1.29 is 4.79 Å². The van der Waals surface area contributed by atoms with Crippen LogP contribution >= 0.6 is 11.8 Å². The smallest absolute Gasteiger partial charge is 0.138 e. The van der Waals surface area contributed by atoms with Crippen molar-refractivity contribution in [1.29, 1.82) is 0 Å². The van der Waals surface area contributed by atoms with E-state index in [-0.39, 0.29) is 5.92 Å². The number of thioether (sulfide) groups is 1. The summed E-state index contributed by atoms with van der Waals surface area (Å²) in [6.07, 6.45) is 2.68. The molecule has 1 aliphatic rings. The normalized spacial score (nSPS) is 23.8. The topological polar surface area (TPSA) is 20.3 Å². The summed E-state index contributed by atoms with van der Waals surface area (Å²) in [5.41, 5.74) is 0. The summed E-state index contributed by atoms with van der Waals surface area (Å²) in [7, 11) is 0. The molecule has 0 N–H and O–H groups in total. The first kappa shape index (κ1) is 11.8. The molecular weight excluding hydrogens is 194 g/mol. The Morgan fingerprint density at radius 2 is 2.50 bits per heavy atom. The van der Waals surface area contributed by atoms with Crippen molar-refractivity contribution in [3.63, 3.8) is 0 Å². The fraction of sp³-hybridized carbons (Fsp3) is 0.727. The van der Waals surface area contributed by atoms with Crippen LogP contribution in [0.2, 0.25) is 0 Å². The zero-order valence-electron chi connectivity index (χ0n) is 8.87. The molecular formula is C11H19NOS. The maximum Gasteiger partial charge on any atom is 0.138 e. The van der Waals surface area contributed by atoms with Crippen LogP contribution in [-0.4, -0.2) is 41.8 Å². The Labute approximate surface area is 90.7 Å². The highest BCUT2D eigenvalue weighted by molar-refractivity contribution is 7.99. The van der Waals surface area contributed by atoms with Gasteiger partial charge in [-0.1, -0.05) is 13.0 Å². The van der Waals surface area contributed by atoms with E-state index >= 15 is 0 Å². The van der Waals surface area contributed by atoms with Gasteiger partial charge in [0.2, 0.25) is 0 Å². The summed E-state index contributed by atoms with van der Waals surface area (Å²) >= 11 is 1.90. The van der Waals surface area contributed by atoms with Gasteiger partial charge in [-0.05, 0) is 0 Å². The number of hydrogen-bond acceptors (Lipinski definition) is 3. The van der Waals surface area contributed by atoms with Crippen LogP contribution in [0.5, 0.6) is 0 Å². The number of carbonyl (C=O) groups is 1. The molecule has 14 heavy (non-hydrogen) atoms. The predicted octanol–water partition coefficient (Wildman–Crippen LogP) is 1.82. The molecule has 0 aromatic rings. The van der Waals surface area contributed by atoms with Crippen LogP contribution in [0.3, 0.4) is 0 Å². The zero-order valence-corrected chi connectivity index (χ0v) is 9.68. The van der Waals surface area contributed by atoms with Crippen molar-refractivity contribution >= 4 is 17.5 Å². The standard InChI is InChI=1S/C11H19NOS/c1-3-7-14-8-6-12-5-4-11(13)10(2)9-12/h3,10H,1,4-9H2,2H3. The number of rotatable bonds is 5. The van der Waals surface area contributed by atoms with Crippen LogP contribution in [0.1, 0.15) is 13.3 Å². The van der Waals surface area contributed by atoms with E-state index < -0.39 is 0 Å². The highest BCUT2D eigenvalue weighted by Gasteiger charge is 2.22. The number of likely N-dealkylation sites (tertiary alicyclic amines) is 1. The zero-order chi connectivity index (χ0) is 10.4. The van der Waals surface area contributed by atoms with Crippen molar-refractivity contribution in [2.24, 2.45) is 5.92 Å². The number of hydrogen-bond donors (Lipinski definition) is 0. The van der Waals surface area contributed by atoms with Crippen molar-refractivity contribution in [1.82, 2.24) is 4.90 Å². The Morgan fingerprint density at radius 1 is 1.71 bits per heavy atom. The van der Waals surface area contributed by atoms with E-state index in [2.05, 4.69) is 11.5 Å². The van der Waals surface area contributed by atoms with Gasteiger partial charge in [0.15, 0.2) is 0 Å². The highest BCUT2D eigenvalue weighted by Crippen LogP contribution is 2.12. The van der Waals surface area contributed by atoms with Crippen molar-refractivity contribution in [3.8, 4) is 0 Å². The van der Waals surface area contributed by atoms with Crippen molar-refractivity contribution in [3.05, 3.63) is 12.7 Å². The number of ketones is 1. The summed E-state index contributed by atoms with van der Waals surface area (Å²) in [6, 6.07) is 0. The molecule has 80 valence electrons. The van der Waals surface area contributed by atoms with E-state index in [9.17, 15) is 4.79 Å². The number of piperidine rings is 1. The Kier molecular flexibility index (Phi) is 5.26. The summed E-state index contributed by atoms with van der Waals surface area (Å²) in [6.45, 7) is 8.74. The van der Waals surface area contributed by atoms with E-state index in [1.54, 1.807) is 0 Å². The molecule has 0 amide bonds. The molecule has 0 spiro atoms. The van der Waals surface area contributed by atoms with Gasteiger partial charge in [-0.15, -0.1) is 6.58 Å². The molecule has 1 rings (SSSR count). The van der Waals surface area contributed by atoms with Crippen LogP contribution in [0, 0.1) is 5.92 Å².